The van der Waals surface area contributed by atoms with E-state index in [4.69, 9.17) is 0 Å². The van der Waals surface area contributed by atoms with E-state index in [9.17, 15) is 9.59 Å². The highest BCUT2D eigenvalue weighted by atomic mass is 16.5. The van der Waals surface area contributed by atoms with Gasteiger partial charge in [0.25, 0.3) is 5.56 Å². The van der Waals surface area contributed by atoms with Gasteiger partial charge in [-0.25, -0.2) is 9.48 Å². The number of ether oxygens (including phenoxy) is 1. The number of esters is 1. The monoisotopic (exact) mass is 239 g/mol. The highest BCUT2D eigenvalue weighted by Gasteiger charge is 2.21. The van der Waals surface area contributed by atoms with Gasteiger partial charge in [0.05, 0.1) is 19.0 Å². The molecule has 0 saturated heterocycles. The normalized spacial score (nSPS) is 12.0. The Morgan fingerprint density at radius 1 is 1.59 bits per heavy atom. The predicted molar refractivity (Wildman–Crippen MR) is 64.2 cm³/mol. The molecule has 0 N–H and O–H groups in total. The minimum absolute atomic E-state index is 0.312. The summed E-state index contributed by atoms with van der Waals surface area (Å²) in [5.41, 5.74) is 0.388. The van der Waals surface area contributed by atoms with Crippen LogP contribution in [0.15, 0.2) is 17.1 Å². The van der Waals surface area contributed by atoms with E-state index in [1.807, 2.05) is 14.1 Å². The molecule has 0 amide bonds. The maximum Gasteiger partial charge on any atom is 0.330 e. The summed E-state index contributed by atoms with van der Waals surface area (Å²) in [6.45, 7) is 1.80. The van der Waals surface area contributed by atoms with E-state index in [-0.39, 0.29) is 5.56 Å². The van der Waals surface area contributed by atoms with E-state index in [1.54, 1.807) is 18.0 Å². The molecule has 0 saturated carbocycles. The number of methoxy groups -OCH3 is 1. The van der Waals surface area contributed by atoms with Gasteiger partial charge in [-0.15, -0.1) is 0 Å². The molecule has 1 rings (SSSR count). The Morgan fingerprint density at radius 2 is 2.24 bits per heavy atom. The van der Waals surface area contributed by atoms with Gasteiger partial charge in [0.15, 0.2) is 6.04 Å². The predicted octanol–water partition coefficient (Wildman–Crippen LogP) is 0.433. The topological polar surface area (TPSA) is 64.4 Å². The second kappa shape index (κ2) is 5.47. The van der Waals surface area contributed by atoms with Crippen molar-refractivity contribution >= 4 is 11.7 Å². The fraction of sp³-hybridized carbons (Fsp3) is 0.545. The zero-order valence-electron chi connectivity index (χ0n) is 10.5. The van der Waals surface area contributed by atoms with Crippen LogP contribution in [0.1, 0.15) is 19.4 Å². The van der Waals surface area contributed by atoms with E-state index in [1.165, 1.54) is 13.2 Å². The van der Waals surface area contributed by atoms with Crippen LogP contribution >= 0.6 is 0 Å². The van der Waals surface area contributed by atoms with Crippen molar-refractivity contribution in [2.45, 2.75) is 19.4 Å². The number of anilines is 1. The smallest absolute Gasteiger partial charge is 0.330 e. The molecule has 0 aliphatic rings. The van der Waals surface area contributed by atoms with Crippen LogP contribution in [0.2, 0.25) is 0 Å². The standard InChI is InChI=1S/C11H17N3O3/c1-5-9(11(16)17-4)14-10(15)6-8(7-12-14)13(2)3/h6-7,9H,5H2,1-4H3. The van der Waals surface area contributed by atoms with Crippen LogP contribution in [-0.4, -0.2) is 37.0 Å². The quantitative estimate of drug-likeness (QED) is 0.713. The second-order valence-corrected chi connectivity index (χ2v) is 3.84. The van der Waals surface area contributed by atoms with Crippen molar-refractivity contribution in [2.75, 3.05) is 26.1 Å². The Hall–Kier alpha value is -1.85. The van der Waals surface area contributed by atoms with Crippen molar-refractivity contribution in [1.29, 1.82) is 0 Å². The summed E-state index contributed by atoms with van der Waals surface area (Å²) in [4.78, 5) is 25.1. The number of hydrogen-bond acceptors (Lipinski definition) is 5. The first-order valence-corrected chi connectivity index (χ1v) is 5.35. The largest absolute Gasteiger partial charge is 0.467 e. The number of rotatable bonds is 4. The van der Waals surface area contributed by atoms with Gasteiger partial charge in [-0.1, -0.05) is 6.92 Å². The lowest BCUT2D eigenvalue weighted by Gasteiger charge is -2.16. The van der Waals surface area contributed by atoms with Crippen LogP contribution in [0.5, 0.6) is 0 Å². The molecule has 1 atom stereocenters. The molecular formula is C11H17N3O3. The highest BCUT2D eigenvalue weighted by molar-refractivity contribution is 5.73. The molecule has 0 fully saturated rings. The summed E-state index contributed by atoms with van der Waals surface area (Å²) < 4.78 is 5.79. The van der Waals surface area contributed by atoms with Crippen LogP contribution in [0, 0.1) is 0 Å². The second-order valence-electron chi connectivity index (χ2n) is 3.84. The van der Waals surface area contributed by atoms with Crippen molar-refractivity contribution in [1.82, 2.24) is 9.78 Å². The van der Waals surface area contributed by atoms with Gasteiger partial charge < -0.3 is 9.64 Å². The average molecular weight is 239 g/mol. The van der Waals surface area contributed by atoms with E-state index >= 15 is 0 Å². The Balaban J connectivity index is 3.14. The van der Waals surface area contributed by atoms with E-state index in [0.29, 0.717) is 12.1 Å². The summed E-state index contributed by atoms with van der Waals surface area (Å²) in [7, 11) is 4.93. The molecule has 0 aliphatic heterocycles. The third-order valence-corrected chi connectivity index (χ3v) is 2.48. The van der Waals surface area contributed by atoms with Crippen molar-refractivity contribution in [3.05, 3.63) is 22.6 Å². The molecule has 0 aromatic carbocycles. The van der Waals surface area contributed by atoms with Crippen LogP contribution in [0.4, 0.5) is 5.69 Å². The highest BCUT2D eigenvalue weighted by Crippen LogP contribution is 2.11. The Bertz CT molecular complexity index is 454. The SMILES string of the molecule is CCC(C(=O)OC)n1ncc(N(C)C)cc1=O. The maximum absolute atomic E-state index is 11.8. The Kier molecular flexibility index (Phi) is 4.25. The molecule has 0 bridgehead atoms. The van der Waals surface area contributed by atoms with Gasteiger partial charge in [0, 0.05) is 20.2 Å². The van der Waals surface area contributed by atoms with Crippen molar-refractivity contribution < 1.29 is 9.53 Å². The first-order valence-electron chi connectivity index (χ1n) is 5.35. The zero-order valence-corrected chi connectivity index (χ0v) is 10.5. The van der Waals surface area contributed by atoms with Crippen molar-refractivity contribution in [3.63, 3.8) is 0 Å². The van der Waals surface area contributed by atoms with Crippen LogP contribution in [0.25, 0.3) is 0 Å². The molecule has 1 aromatic rings. The summed E-state index contributed by atoms with van der Waals surface area (Å²) in [6.07, 6.45) is 2.01. The van der Waals surface area contributed by atoms with Gasteiger partial charge in [-0.05, 0) is 6.42 Å². The third kappa shape index (κ3) is 2.83. The van der Waals surface area contributed by atoms with Crippen LogP contribution in [0.3, 0.4) is 0 Å². The Morgan fingerprint density at radius 3 is 2.65 bits per heavy atom. The minimum atomic E-state index is -0.663. The average Bonchev–Trinajstić information content (AvgIpc) is 2.31. The number of hydrogen-bond donors (Lipinski definition) is 0. The van der Waals surface area contributed by atoms with Crippen molar-refractivity contribution in [2.24, 2.45) is 0 Å². The van der Waals surface area contributed by atoms with E-state index in [0.717, 1.165) is 4.68 Å². The Labute approximate surface area is 99.8 Å². The lowest BCUT2D eigenvalue weighted by atomic mass is 10.2. The lowest BCUT2D eigenvalue weighted by Crippen LogP contribution is -2.32. The van der Waals surface area contributed by atoms with Crippen LogP contribution < -0.4 is 10.5 Å². The fourth-order valence-corrected chi connectivity index (χ4v) is 1.46. The molecule has 17 heavy (non-hydrogen) atoms. The minimum Gasteiger partial charge on any atom is -0.467 e. The molecular weight excluding hydrogens is 222 g/mol. The molecule has 0 radical (unpaired) electrons. The summed E-state index contributed by atoms with van der Waals surface area (Å²) >= 11 is 0. The molecule has 1 heterocycles. The van der Waals surface area contributed by atoms with Gasteiger partial charge in [0.2, 0.25) is 0 Å². The number of aromatic nitrogens is 2. The number of carbonyl (C=O) groups is 1. The number of carbonyl (C=O) groups excluding carboxylic acids is 1. The first kappa shape index (κ1) is 13.2. The first-order chi connectivity index (χ1) is 8.01. The summed E-state index contributed by atoms with van der Waals surface area (Å²) in [5.74, 6) is -0.459. The lowest BCUT2D eigenvalue weighted by molar-refractivity contribution is -0.145. The number of nitrogens with zero attached hydrogens (tertiary/aromatic N) is 3. The fourth-order valence-electron chi connectivity index (χ4n) is 1.46. The van der Waals surface area contributed by atoms with E-state index in [2.05, 4.69) is 9.84 Å². The molecule has 1 unspecified atom stereocenters. The van der Waals surface area contributed by atoms with Crippen LogP contribution in [-0.2, 0) is 9.53 Å². The molecule has 0 aliphatic carbocycles. The molecule has 1 aromatic heterocycles. The van der Waals surface area contributed by atoms with Crippen molar-refractivity contribution in [3.8, 4) is 0 Å². The molecule has 94 valence electrons. The van der Waals surface area contributed by atoms with Gasteiger partial charge >= 0.3 is 5.97 Å². The van der Waals surface area contributed by atoms with Gasteiger partial charge in [0.1, 0.15) is 0 Å². The van der Waals surface area contributed by atoms with E-state index < -0.39 is 12.0 Å². The zero-order chi connectivity index (χ0) is 13.0. The molecule has 6 heteroatoms. The summed E-state index contributed by atoms with van der Waals surface area (Å²) in [5, 5.41) is 4.00. The summed E-state index contributed by atoms with van der Waals surface area (Å²) in [6, 6.07) is 0.780. The van der Waals surface area contributed by atoms with Gasteiger partial charge in [-0.3, -0.25) is 4.79 Å². The maximum atomic E-state index is 11.8. The molecule has 0 spiro atoms. The third-order valence-electron chi connectivity index (χ3n) is 2.48. The van der Waals surface area contributed by atoms with Gasteiger partial charge in [-0.2, -0.15) is 5.10 Å². The molecule has 6 nitrogen and oxygen atoms in total.